The van der Waals surface area contributed by atoms with Crippen LogP contribution in [0.15, 0.2) is 24.3 Å². The van der Waals surface area contributed by atoms with Gasteiger partial charge in [-0.05, 0) is 24.5 Å². The van der Waals surface area contributed by atoms with Crippen molar-refractivity contribution in [3.05, 3.63) is 35.6 Å². The first kappa shape index (κ1) is 13.7. The number of rotatable bonds is 2. The van der Waals surface area contributed by atoms with Crippen molar-refractivity contribution in [2.24, 2.45) is 5.41 Å². The number of halogens is 1. The SMILES string of the molecule is C[C@H](N(C)C(=O)c1ccccc1F)C(C)(C)C. The maximum absolute atomic E-state index is 13.5. The van der Waals surface area contributed by atoms with Gasteiger partial charge in [0, 0.05) is 13.1 Å². The van der Waals surface area contributed by atoms with Crippen molar-refractivity contribution >= 4 is 5.91 Å². The molecule has 17 heavy (non-hydrogen) atoms. The van der Waals surface area contributed by atoms with Crippen molar-refractivity contribution in [3.8, 4) is 0 Å². The Hall–Kier alpha value is -1.38. The van der Waals surface area contributed by atoms with Crippen LogP contribution in [0.3, 0.4) is 0 Å². The van der Waals surface area contributed by atoms with E-state index in [1.807, 2.05) is 6.92 Å². The Morgan fingerprint density at radius 1 is 1.29 bits per heavy atom. The van der Waals surface area contributed by atoms with E-state index in [2.05, 4.69) is 20.8 Å². The molecule has 1 aromatic carbocycles. The fraction of sp³-hybridized carbons (Fsp3) is 0.500. The third-order valence-corrected chi connectivity index (χ3v) is 3.26. The molecule has 1 amide bonds. The van der Waals surface area contributed by atoms with E-state index in [4.69, 9.17) is 0 Å². The Morgan fingerprint density at radius 3 is 2.29 bits per heavy atom. The molecular weight excluding hydrogens is 217 g/mol. The van der Waals surface area contributed by atoms with Gasteiger partial charge in [-0.3, -0.25) is 4.79 Å². The molecule has 0 heterocycles. The highest BCUT2D eigenvalue weighted by Crippen LogP contribution is 2.24. The number of hydrogen-bond donors (Lipinski definition) is 0. The van der Waals surface area contributed by atoms with Crippen molar-refractivity contribution in [1.29, 1.82) is 0 Å². The van der Waals surface area contributed by atoms with Gasteiger partial charge in [0.1, 0.15) is 5.82 Å². The molecule has 0 bridgehead atoms. The molecule has 0 saturated carbocycles. The molecule has 3 heteroatoms. The van der Waals surface area contributed by atoms with Crippen LogP contribution in [0.4, 0.5) is 4.39 Å². The molecule has 0 unspecified atom stereocenters. The largest absolute Gasteiger partial charge is 0.338 e. The monoisotopic (exact) mass is 237 g/mol. The standard InChI is InChI=1S/C14H20FNO/c1-10(14(2,3)4)16(5)13(17)11-8-6-7-9-12(11)15/h6-10H,1-5H3/t10-/m0/s1. The molecule has 94 valence electrons. The van der Waals surface area contributed by atoms with Gasteiger partial charge in [0.15, 0.2) is 0 Å². The Morgan fingerprint density at radius 2 is 1.82 bits per heavy atom. The van der Waals surface area contributed by atoms with Crippen LogP contribution in [0, 0.1) is 11.2 Å². The van der Waals surface area contributed by atoms with Crippen LogP contribution in [-0.2, 0) is 0 Å². The number of benzene rings is 1. The highest BCUT2D eigenvalue weighted by Gasteiger charge is 2.28. The van der Waals surface area contributed by atoms with Gasteiger partial charge in [0.05, 0.1) is 5.56 Å². The molecule has 0 radical (unpaired) electrons. The predicted octanol–water partition coefficient (Wildman–Crippen LogP) is 3.33. The predicted molar refractivity (Wildman–Crippen MR) is 67.4 cm³/mol. The van der Waals surface area contributed by atoms with Crippen molar-refractivity contribution in [2.75, 3.05) is 7.05 Å². The molecule has 2 nitrogen and oxygen atoms in total. The van der Waals surface area contributed by atoms with Crippen LogP contribution < -0.4 is 0 Å². The van der Waals surface area contributed by atoms with Gasteiger partial charge in [-0.2, -0.15) is 0 Å². The molecule has 0 aromatic heterocycles. The molecule has 0 aliphatic rings. The molecule has 0 aliphatic heterocycles. The van der Waals surface area contributed by atoms with E-state index < -0.39 is 5.82 Å². The van der Waals surface area contributed by atoms with Crippen molar-refractivity contribution in [1.82, 2.24) is 4.90 Å². The van der Waals surface area contributed by atoms with E-state index in [0.29, 0.717) is 0 Å². The topological polar surface area (TPSA) is 20.3 Å². The van der Waals surface area contributed by atoms with Crippen LogP contribution >= 0.6 is 0 Å². The first-order valence-electron chi connectivity index (χ1n) is 5.77. The van der Waals surface area contributed by atoms with Crippen LogP contribution in [0.5, 0.6) is 0 Å². The minimum absolute atomic E-state index is 0.0321. The van der Waals surface area contributed by atoms with Gasteiger partial charge < -0.3 is 4.90 Å². The summed E-state index contributed by atoms with van der Waals surface area (Å²) in [5.74, 6) is -0.740. The molecule has 1 atom stereocenters. The van der Waals surface area contributed by atoms with Crippen LogP contribution in [0.25, 0.3) is 0 Å². The van der Waals surface area contributed by atoms with Crippen LogP contribution in [0.2, 0.25) is 0 Å². The second kappa shape index (κ2) is 4.86. The lowest BCUT2D eigenvalue weighted by Gasteiger charge is -2.35. The van der Waals surface area contributed by atoms with Crippen molar-refractivity contribution < 1.29 is 9.18 Å². The zero-order valence-corrected chi connectivity index (χ0v) is 11.1. The highest BCUT2D eigenvalue weighted by atomic mass is 19.1. The maximum Gasteiger partial charge on any atom is 0.256 e. The van der Waals surface area contributed by atoms with E-state index in [0.717, 1.165) is 0 Å². The lowest BCUT2D eigenvalue weighted by atomic mass is 9.87. The third kappa shape index (κ3) is 3.05. The second-order valence-electron chi connectivity index (χ2n) is 5.44. The van der Waals surface area contributed by atoms with E-state index in [9.17, 15) is 9.18 Å². The van der Waals surface area contributed by atoms with Gasteiger partial charge in [-0.25, -0.2) is 4.39 Å². The zero-order chi connectivity index (χ0) is 13.2. The zero-order valence-electron chi connectivity index (χ0n) is 11.1. The van der Waals surface area contributed by atoms with Crippen molar-refractivity contribution in [3.63, 3.8) is 0 Å². The van der Waals surface area contributed by atoms with Crippen LogP contribution in [0.1, 0.15) is 38.1 Å². The van der Waals surface area contributed by atoms with Gasteiger partial charge in [-0.1, -0.05) is 32.9 Å². The Labute approximate surface area is 102 Å². The molecule has 0 aliphatic carbocycles. The average Bonchev–Trinajstić information content (AvgIpc) is 2.25. The lowest BCUT2D eigenvalue weighted by Crippen LogP contribution is -2.43. The van der Waals surface area contributed by atoms with Crippen LogP contribution in [-0.4, -0.2) is 23.9 Å². The number of carbonyl (C=O) groups is 1. The van der Waals surface area contributed by atoms with Crippen molar-refractivity contribution in [2.45, 2.75) is 33.7 Å². The molecule has 1 aromatic rings. The maximum atomic E-state index is 13.5. The van der Waals surface area contributed by atoms with E-state index in [-0.39, 0.29) is 22.9 Å². The van der Waals surface area contributed by atoms with Gasteiger partial charge in [-0.15, -0.1) is 0 Å². The first-order chi connectivity index (χ1) is 7.75. The summed E-state index contributed by atoms with van der Waals surface area (Å²) in [6.45, 7) is 8.15. The van der Waals surface area contributed by atoms with Gasteiger partial charge in [0.25, 0.3) is 5.91 Å². The van der Waals surface area contributed by atoms with E-state index in [1.165, 1.54) is 12.1 Å². The molecule has 0 fully saturated rings. The summed E-state index contributed by atoms with van der Waals surface area (Å²) >= 11 is 0. The third-order valence-electron chi connectivity index (χ3n) is 3.26. The minimum atomic E-state index is -0.467. The van der Waals surface area contributed by atoms with E-state index >= 15 is 0 Å². The Bertz CT molecular complexity index is 409. The molecular formula is C14H20FNO. The minimum Gasteiger partial charge on any atom is -0.338 e. The van der Waals surface area contributed by atoms with E-state index in [1.54, 1.807) is 24.1 Å². The number of carbonyl (C=O) groups excluding carboxylic acids is 1. The highest BCUT2D eigenvalue weighted by molar-refractivity contribution is 5.94. The summed E-state index contributed by atoms with van der Waals surface area (Å²) in [5, 5.41) is 0. The lowest BCUT2D eigenvalue weighted by molar-refractivity contribution is 0.0624. The second-order valence-corrected chi connectivity index (χ2v) is 5.44. The number of hydrogen-bond acceptors (Lipinski definition) is 1. The summed E-state index contributed by atoms with van der Waals surface area (Å²) in [6, 6.07) is 6.12. The summed E-state index contributed by atoms with van der Waals surface area (Å²) in [6.07, 6.45) is 0. The first-order valence-corrected chi connectivity index (χ1v) is 5.77. The fourth-order valence-corrected chi connectivity index (χ4v) is 1.58. The molecule has 0 spiro atoms. The average molecular weight is 237 g/mol. The van der Waals surface area contributed by atoms with Gasteiger partial charge in [0.2, 0.25) is 0 Å². The van der Waals surface area contributed by atoms with Gasteiger partial charge >= 0.3 is 0 Å². The number of nitrogens with zero attached hydrogens (tertiary/aromatic N) is 1. The molecule has 0 saturated heterocycles. The Kier molecular flexibility index (Phi) is 3.91. The summed E-state index contributed by atoms with van der Waals surface area (Å²) in [7, 11) is 1.71. The fourth-order valence-electron chi connectivity index (χ4n) is 1.58. The normalized spacial score (nSPS) is 13.3. The quantitative estimate of drug-likeness (QED) is 0.772. The summed E-state index contributed by atoms with van der Waals surface area (Å²) in [4.78, 5) is 13.7. The smallest absolute Gasteiger partial charge is 0.256 e. The molecule has 1 rings (SSSR count). The summed E-state index contributed by atoms with van der Waals surface area (Å²) < 4.78 is 13.5. The Balaban J connectivity index is 2.95. The summed E-state index contributed by atoms with van der Waals surface area (Å²) in [5.41, 5.74) is 0.0986. The number of amides is 1. The molecule has 0 N–H and O–H groups in total.